The van der Waals surface area contributed by atoms with Crippen LogP contribution in [0.15, 0.2) is 42.5 Å². The van der Waals surface area contributed by atoms with Gasteiger partial charge in [-0.25, -0.2) is 0 Å². The Kier molecular flexibility index (Phi) is 4.46. The molecule has 0 saturated heterocycles. The van der Waals surface area contributed by atoms with Gasteiger partial charge in [0.25, 0.3) is 0 Å². The molecule has 2 aromatic rings. The van der Waals surface area contributed by atoms with Crippen molar-refractivity contribution < 1.29 is 4.74 Å². The van der Waals surface area contributed by atoms with E-state index in [0.717, 1.165) is 21.9 Å². The van der Waals surface area contributed by atoms with Gasteiger partial charge in [0, 0.05) is 22.2 Å². The van der Waals surface area contributed by atoms with Crippen LogP contribution < -0.4 is 10.5 Å². The third-order valence-electron chi connectivity index (χ3n) is 3.00. The second-order valence-corrected chi connectivity index (χ2v) is 5.12. The van der Waals surface area contributed by atoms with E-state index in [0.29, 0.717) is 6.61 Å². The Balaban J connectivity index is 2.18. The molecule has 0 bridgehead atoms. The highest BCUT2D eigenvalue weighted by atomic mass is 35.5. The standard InChI is InChI=1S/C16H18ClNO/c1-11-7-8-16(14(9-11)12(2)18)19-10-13-5-3-4-6-15(13)17/h3-9,12H,10,18H2,1-2H3/t12-/m0/s1. The lowest BCUT2D eigenvalue weighted by atomic mass is 10.1. The molecule has 19 heavy (non-hydrogen) atoms. The number of ether oxygens (including phenoxy) is 1. The summed E-state index contributed by atoms with van der Waals surface area (Å²) in [5.41, 5.74) is 9.15. The van der Waals surface area contributed by atoms with Gasteiger partial charge in [-0.1, -0.05) is 47.5 Å². The van der Waals surface area contributed by atoms with Crippen molar-refractivity contribution in [1.29, 1.82) is 0 Å². The number of nitrogens with two attached hydrogens (primary N) is 1. The Bertz CT molecular complexity index is 566. The van der Waals surface area contributed by atoms with Gasteiger partial charge in [-0.05, 0) is 26.0 Å². The van der Waals surface area contributed by atoms with E-state index in [2.05, 4.69) is 6.07 Å². The molecule has 100 valence electrons. The molecule has 2 nitrogen and oxygen atoms in total. The first-order valence-electron chi connectivity index (χ1n) is 6.30. The first kappa shape index (κ1) is 13.9. The van der Waals surface area contributed by atoms with Crippen LogP contribution in [0.1, 0.15) is 29.7 Å². The smallest absolute Gasteiger partial charge is 0.124 e. The zero-order valence-electron chi connectivity index (χ0n) is 11.2. The minimum Gasteiger partial charge on any atom is -0.489 e. The second kappa shape index (κ2) is 6.09. The lowest BCUT2D eigenvalue weighted by Gasteiger charge is -2.15. The molecule has 2 aromatic carbocycles. The van der Waals surface area contributed by atoms with E-state index < -0.39 is 0 Å². The Hall–Kier alpha value is -1.51. The van der Waals surface area contributed by atoms with Crippen molar-refractivity contribution in [2.24, 2.45) is 5.73 Å². The quantitative estimate of drug-likeness (QED) is 0.905. The van der Waals surface area contributed by atoms with Crippen molar-refractivity contribution in [2.45, 2.75) is 26.5 Å². The largest absolute Gasteiger partial charge is 0.489 e. The average molecular weight is 276 g/mol. The van der Waals surface area contributed by atoms with Crippen molar-refractivity contribution in [1.82, 2.24) is 0 Å². The summed E-state index contributed by atoms with van der Waals surface area (Å²) in [6.07, 6.45) is 0. The van der Waals surface area contributed by atoms with Crippen LogP contribution in [0.4, 0.5) is 0 Å². The maximum absolute atomic E-state index is 6.11. The number of halogens is 1. The van der Waals surface area contributed by atoms with Crippen molar-refractivity contribution in [2.75, 3.05) is 0 Å². The highest BCUT2D eigenvalue weighted by molar-refractivity contribution is 6.31. The fourth-order valence-electron chi connectivity index (χ4n) is 1.93. The lowest BCUT2D eigenvalue weighted by Crippen LogP contribution is -2.08. The van der Waals surface area contributed by atoms with Crippen LogP contribution in [0.2, 0.25) is 5.02 Å². The molecule has 0 radical (unpaired) electrons. The van der Waals surface area contributed by atoms with E-state index in [1.54, 1.807) is 0 Å². The molecule has 1 atom stereocenters. The van der Waals surface area contributed by atoms with E-state index in [1.165, 1.54) is 5.56 Å². The minimum atomic E-state index is -0.0545. The predicted octanol–water partition coefficient (Wildman–Crippen LogP) is 4.25. The molecule has 0 amide bonds. The Morgan fingerprint density at radius 2 is 1.95 bits per heavy atom. The molecule has 0 aliphatic rings. The van der Waals surface area contributed by atoms with Gasteiger partial charge in [0.1, 0.15) is 12.4 Å². The summed E-state index contributed by atoms with van der Waals surface area (Å²) in [7, 11) is 0. The van der Waals surface area contributed by atoms with Crippen LogP contribution in [-0.2, 0) is 6.61 Å². The van der Waals surface area contributed by atoms with E-state index in [9.17, 15) is 0 Å². The molecule has 2 N–H and O–H groups in total. The zero-order chi connectivity index (χ0) is 13.8. The summed E-state index contributed by atoms with van der Waals surface area (Å²) in [5, 5.41) is 0.719. The van der Waals surface area contributed by atoms with Crippen molar-refractivity contribution in [3.63, 3.8) is 0 Å². The monoisotopic (exact) mass is 275 g/mol. The van der Waals surface area contributed by atoms with Gasteiger partial charge in [-0.15, -0.1) is 0 Å². The molecule has 0 heterocycles. The molecule has 0 spiro atoms. The summed E-state index contributed by atoms with van der Waals surface area (Å²) in [4.78, 5) is 0. The van der Waals surface area contributed by atoms with Gasteiger partial charge in [-0.3, -0.25) is 0 Å². The predicted molar refractivity (Wildman–Crippen MR) is 79.6 cm³/mol. The number of benzene rings is 2. The highest BCUT2D eigenvalue weighted by Gasteiger charge is 2.09. The van der Waals surface area contributed by atoms with Gasteiger partial charge in [0.2, 0.25) is 0 Å². The topological polar surface area (TPSA) is 35.2 Å². The first-order valence-corrected chi connectivity index (χ1v) is 6.68. The van der Waals surface area contributed by atoms with E-state index >= 15 is 0 Å². The Morgan fingerprint density at radius 1 is 1.21 bits per heavy atom. The fraction of sp³-hybridized carbons (Fsp3) is 0.250. The van der Waals surface area contributed by atoms with Crippen LogP contribution in [0.25, 0.3) is 0 Å². The maximum atomic E-state index is 6.11. The Labute approximate surface area is 119 Å². The number of hydrogen-bond acceptors (Lipinski definition) is 2. The third kappa shape index (κ3) is 3.49. The third-order valence-corrected chi connectivity index (χ3v) is 3.37. The van der Waals surface area contributed by atoms with E-state index in [1.807, 2.05) is 50.2 Å². The van der Waals surface area contributed by atoms with Gasteiger partial charge < -0.3 is 10.5 Å². The fourth-order valence-corrected chi connectivity index (χ4v) is 2.12. The van der Waals surface area contributed by atoms with Crippen LogP contribution >= 0.6 is 11.6 Å². The second-order valence-electron chi connectivity index (χ2n) is 4.71. The van der Waals surface area contributed by atoms with E-state index in [4.69, 9.17) is 22.1 Å². The first-order chi connectivity index (χ1) is 9.08. The van der Waals surface area contributed by atoms with Gasteiger partial charge in [0.05, 0.1) is 0 Å². The summed E-state index contributed by atoms with van der Waals surface area (Å²) in [5.74, 6) is 0.820. The zero-order valence-corrected chi connectivity index (χ0v) is 11.9. The summed E-state index contributed by atoms with van der Waals surface area (Å²) >= 11 is 6.11. The van der Waals surface area contributed by atoms with Gasteiger partial charge in [0.15, 0.2) is 0 Å². The molecule has 0 fully saturated rings. The van der Waals surface area contributed by atoms with Gasteiger partial charge in [-0.2, -0.15) is 0 Å². The summed E-state index contributed by atoms with van der Waals surface area (Å²) < 4.78 is 5.86. The van der Waals surface area contributed by atoms with E-state index in [-0.39, 0.29) is 6.04 Å². The summed E-state index contributed by atoms with van der Waals surface area (Å²) in [6, 6.07) is 13.7. The summed E-state index contributed by atoms with van der Waals surface area (Å²) in [6.45, 7) is 4.45. The molecule has 2 rings (SSSR count). The number of rotatable bonds is 4. The molecule has 3 heteroatoms. The molecule has 0 aliphatic carbocycles. The van der Waals surface area contributed by atoms with Crippen LogP contribution in [-0.4, -0.2) is 0 Å². The van der Waals surface area contributed by atoms with Crippen molar-refractivity contribution in [3.8, 4) is 5.75 Å². The van der Waals surface area contributed by atoms with Crippen molar-refractivity contribution in [3.05, 3.63) is 64.2 Å². The number of hydrogen-bond donors (Lipinski definition) is 1. The van der Waals surface area contributed by atoms with Crippen molar-refractivity contribution >= 4 is 11.6 Å². The molecule has 0 unspecified atom stereocenters. The SMILES string of the molecule is Cc1ccc(OCc2ccccc2Cl)c([C@H](C)N)c1. The molecule has 0 aliphatic heterocycles. The Morgan fingerprint density at radius 3 is 2.63 bits per heavy atom. The number of aryl methyl sites for hydroxylation is 1. The van der Waals surface area contributed by atoms with Crippen LogP contribution in [0, 0.1) is 6.92 Å². The van der Waals surface area contributed by atoms with Gasteiger partial charge >= 0.3 is 0 Å². The molecular weight excluding hydrogens is 258 g/mol. The van der Waals surface area contributed by atoms with Crippen LogP contribution in [0.3, 0.4) is 0 Å². The average Bonchev–Trinajstić information content (AvgIpc) is 2.38. The lowest BCUT2D eigenvalue weighted by molar-refractivity contribution is 0.301. The molecule has 0 saturated carbocycles. The normalized spacial score (nSPS) is 12.2. The molecule has 0 aromatic heterocycles. The molecular formula is C16H18ClNO. The van der Waals surface area contributed by atoms with Crippen LogP contribution in [0.5, 0.6) is 5.75 Å². The highest BCUT2D eigenvalue weighted by Crippen LogP contribution is 2.26. The maximum Gasteiger partial charge on any atom is 0.124 e. The minimum absolute atomic E-state index is 0.0545.